The van der Waals surface area contributed by atoms with Gasteiger partial charge in [-0.15, -0.1) is 0 Å². The maximum atomic E-state index is 12.2. The van der Waals surface area contributed by atoms with Gasteiger partial charge in [-0.3, -0.25) is 4.79 Å². The molecular weight excluding hydrogens is 450 g/mol. The number of carbonyl (C=O) groups excluding carboxylic acids is 1. The molecule has 34 heavy (non-hydrogen) atoms. The van der Waals surface area contributed by atoms with Crippen molar-refractivity contribution in [1.29, 1.82) is 0 Å². The molecule has 4 rings (SSSR count). The molecular formula is C27H28ClN3O3. The molecule has 0 saturated carbocycles. The number of para-hydroxylation sites is 3. The van der Waals surface area contributed by atoms with Gasteiger partial charge in [0.1, 0.15) is 17.3 Å². The Morgan fingerprint density at radius 3 is 2.59 bits per heavy atom. The summed E-state index contributed by atoms with van der Waals surface area (Å²) in [5.41, 5.74) is 3.17. The Kier molecular flexibility index (Phi) is 8.04. The standard InChI is InChI=1S/C27H28ClN3O3/c1-20-7-2-5-10-25(20)33-18-6-17-31-24-9-4-3-8-23(24)30-26(31)15-16-29-27(32)19-34-22-13-11-21(28)12-14-22/h2-5,7-14H,6,15-19H2,1H3,(H,29,32). The van der Waals surface area contributed by atoms with E-state index in [1.54, 1.807) is 24.3 Å². The van der Waals surface area contributed by atoms with Crippen molar-refractivity contribution in [2.24, 2.45) is 0 Å². The quantitative estimate of drug-likeness (QED) is 0.301. The van der Waals surface area contributed by atoms with Gasteiger partial charge in [-0.25, -0.2) is 4.98 Å². The molecule has 1 N–H and O–H groups in total. The molecule has 6 nitrogen and oxygen atoms in total. The number of nitrogens with zero attached hydrogens (tertiary/aromatic N) is 2. The third-order valence-electron chi connectivity index (χ3n) is 5.47. The van der Waals surface area contributed by atoms with Crippen LogP contribution in [0.5, 0.6) is 11.5 Å². The zero-order chi connectivity index (χ0) is 23.8. The monoisotopic (exact) mass is 477 g/mol. The number of nitrogens with one attached hydrogen (secondary N) is 1. The smallest absolute Gasteiger partial charge is 0.257 e. The molecule has 3 aromatic carbocycles. The lowest BCUT2D eigenvalue weighted by Crippen LogP contribution is -2.31. The van der Waals surface area contributed by atoms with Crippen molar-refractivity contribution >= 4 is 28.5 Å². The van der Waals surface area contributed by atoms with E-state index in [9.17, 15) is 4.79 Å². The summed E-state index contributed by atoms with van der Waals surface area (Å²) < 4.78 is 13.7. The number of imidazole rings is 1. The molecule has 7 heteroatoms. The fourth-order valence-corrected chi connectivity index (χ4v) is 3.86. The van der Waals surface area contributed by atoms with E-state index in [4.69, 9.17) is 26.1 Å². The predicted octanol–water partition coefficient (Wildman–Crippen LogP) is 5.20. The number of carbonyl (C=O) groups is 1. The molecule has 0 saturated heterocycles. The van der Waals surface area contributed by atoms with Crippen molar-refractivity contribution in [3.05, 3.63) is 89.2 Å². The molecule has 1 amide bonds. The number of halogens is 1. The highest BCUT2D eigenvalue weighted by atomic mass is 35.5. The molecule has 0 aliphatic carbocycles. The summed E-state index contributed by atoms with van der Waals surface area (Å²) in [5, 5.41) is 3.54. The van der Waals surface area contributed by atoms with Gasteiger partial charge in [0.25, 0.3) is 5.91 Å². The first-order chi connectivity index (χ1) is 16.6. The van der Waals surface area contributed by atoms with Gasteiger partial charge in [-0.1, -0.05) is 41.9 Å². The van der Waals surface area contributed by atoms with E-state index in [1.807, 2.05) is 49.4 Å². The van der Waals surface area contributed by atoms with Crippen LogP contribution < -0.4 is 14.8 Å². The lowest BCUT2D eigenvalue weighted by molar-refractivity contribution is -0.123. The Hall–Kier alpha value is -3.51. The number of fused-ring (bicyclic) bond motifs is 1. The first-order valence-electron chi connectivity index (χ1n) is 11.4. The van der Waals surface area contributed by atoms with Gasteiger partial charge in [0.2, 0.25) is 0 Å². The molecule has 0 aliphatic heterocycles. The summed E-state index contributed by atoms with van der Waals surface area (Å²) >= 11 is 5.87. The van der Waals surface area contributed by atoms with E-state index in [0.717, 1.165) is 41.1 Å². The number of amides is 1. The normalized spacial score (nSPS) is 10.9. The minimum absolute atomic E-state index is 0.0473. The predicted molar refractivity (Wildman–Crippen MR) is 135 cm³/mol. The van der Waals surface area contributed by atoms with E-state index >= 15 is 0 Å². The number of rotatable bonds is 11. The summed E-state index contributed by atoms with van der Waals surface area (Å²) in [4.78, 5) is 17.0. The van der Waals surface area contributed by atoms with Crippen molar-refractivity contribution in [3.63, 3.8) is 0 Å². The molecule has 1 heterocycles. The zero-order valence-electron chi connectivity index (χ0n) is 19.2. The molecule has 176 valence electrons. The largest absolute Gasteiger partial charge is 0.493 e. The lowest BCUT2D eigenvalue weighted by atomic mass is 10.2. The highest BCUT2D eigenvalue weighted by Crippen LogP contribution is 2.19. The van der Waals surface area contributed by atoms with Gasteiger partial charge in [0.15, 0.2) is 6.61 Å². The maximum Gasteiger partial charge on any atom is 0.257 e. The first kappa shape index (κ1) is 23.6. The van der Waals surface area contributed by atoms with Crippen molar-refractivity contribution in [3.8, 4) is 11.5 Å². The number of aryl methyl sites for hydroxylation is 2. The third kappa shape index (κ3) is 6.29. The summed E-state index contributed by atoms with van der Waals surface area (Å²) in [5.74, 6) is 2.29. The minimum Gasteiger partial charge on any atom is -0.493 e. The topological polar surface area (TPSA) is 65.4 Å². The van der Waals surface area contributed by atoms with Crippen LogP contribution in [-0.2, 0) is 17.8 Å². The molecule has 0 aliphatic rings. The number of hydrogen-bond donors (Lipinski definition) is 1. The second kappa shape index (κ2) is 11.6. The van der Waals surface area contributed by atoms with Crippen molar-refractivity contribution in [1.82, 2.24) is 14.9 Å². The van der Waals surface area contributed by atoms with E-state index in [-0.39, 0.29) is 12.5 Å². The zero-order valence-corrected chi connectivity index (χ0v) is 19.9. The van der Waals surface area contributed by atoms with Crippen molar-refractivity contribution in [2.45, 2.75) is 26.3 Å². The third-order valence-corrected chi connectivity index (χ3v) is 5.72. The Morgan fingerprint density at radius 2 is 1.76 bits per heavy atom. The summed E-state index contributed by atoms with van der Waals surface area (Å²) in [6.07, 6.45) is 1.48. The Bertz CT molecular complexity index is 1240. The van der Waals surface area contributed by atoms with Crippen LogP contribution >= 0.6 is 11.6 Å². The molecule has 0 fully saturated rings. The first-order valence-corrected chi connectivity index (χ1v) is 11.8. The SMILES string of the molecule is Cc1ccccc1OCCCn1c(CCNC(=O)COc2ccc(Cl)cc2)nc2ccccc21. The van der Waals surface area contributed by atoms with E-state index < -0.39 is 0 Å². The fraction of sp³-hybridized carbons (Fsp3) is 0.259. The second-order valence-electron chi connectivity index (χ2n) is 7.98. The Balaban J connectivity index is 1.30. The molecule has 4 aromatic rings. The van der Waals surface area contributed by atoms with Crippen molar-refractivity contribution in [2.75, 3.05) is 19.8 Å². The summed E-state index contributed by atoms with van der Waals surface area (Å²) in [6.45, 7) is 3.89. The minimum atomic E-state index is -0.177. The maximum absolute atomic E-state index is 12.2. The summed E-state index contributed by atoms with van der Waals surface area (Å²) in [7, 11) is 0. The van der Waals surface area contributed by atoms with E-state index in [1.165, 1.54) is 0 Å². The van der Waals surface area contributed by atoms with Crippen LogP contribution in [0.1, 0.15) is 17.8 Å². The van der Waals surface area contributed by atoms with Crippen LogP contribution in [0.3, 0.4) is 0 Å². The van der Waals surface area contributed by atoms with Crippen LogP contribution in [0.2, 0.25) is 5.02 Å². The Morgan fingerprint density at radius 1 is 1.00 bits per heavy atom. The molecule has 1 aromatic heterocycles. The molecule has 0 spiro atoms. The summed E-state index contributed by atoms with van der Waals surface area (Å²) in [6, 6.07) is 23.1. The molecule has 0 radical (unpaired) electrons. The average molecular weight is 478 g/mol. The second-order valence-corrected chi connectivity index (χ2v) is 8.41. The van der Waals surface area contributed by atoms with Crippen LogP contribution in [0.4, 0.5) is 0 Å². The van der Waals surface area contributed by atoms with E-state index in [2.05, 4.69) is 16.0 Å². The number of ether oxygens (including phenoxy) is 2. The van der Waals surface area contributed by atoms with Gasteiger partial charge in [0.05, 0.1) is 17.6 Å². The average Bonchev–Trinajstić information content (AvgIpc) is 3.20. The number of aromatic nitrogens is 2. The highest BCUT2D eigenvalue weighted by molar-refractivity contribution is 6.30. The van der Waals surface area contributed by atoms with Gasteiger partial charge < -0.3 is 19.4 Å². The molecule has 0 unspecified atom stereocenters. The number of hydrogen-bond acceptors (Lipinski definition) is 4. The van der Waals surface area contributed by atoms with Crippen LogP contribution in [0.15, 0.2) is 72.8 Å². The Labute approximate surface area is 204 Å². The van der Waals surface area contributed by atoms with E-state index in [0.29, 0.717) is 30.3 Å². The van der Waals surface area contributed by atoms with Gasteiger partial charge in [-0.2, -0.15) is 0 Å². The van der Waals surface area contributed by atoms with Crippen molar-refractivity contribution < 1.29 is 14.3 Å². The van der Waals surface area contributed by atoms with Gasteiger partial charge >= 0.3 is 0 Å². The van der Waals surface area contributed by atoms with Crippen LogP contribution in [-0.4, -0.2) is 35.2 Å². The molecule has 0 bridgehead atoms. The number of benzene rings is 3. The fourth-order valence-electron chi connectivity index (χ4n) is 3.73. The van der Waals surface area contributed by atoms with Crippen LogP contribution in [0, 0.1) is 6.92 Å². The molecule has 0 atom stereocenters. The van der Waals surface area contributed by atoms with Crippen LogP contribution in [0.25, 0.3) is 11.0 Å². The lowest BCUT2D eigenvalue weighted by Gasteiger charge is -2.12. The van der Waals surface area contributed by atoms with Gasteiger partial charge in [0, 0.05) is 24.5 Å². The van der Waals surface area contributed by atoms with Gasteiger partial charge in [-0.05, 0) is 61.4 Å². The highest BCUT2D eigenvalue weighted by Gasteiger charge is 2.11.